The average Bonchev–Trinajstić information content (AvgIpc) is 2.51. The van der Waals surface area contributed by atoms with Crippen LogP contribution in [0.5, 0.6) is 11.5 Å². The molecule has 2 aromatic rings. The normalized spacial score (nSPS) is 21.5. The van der Waals surface area contributed by atoms with Crippen molar-refractivity contribution in [1.29, 1.82) is 0 Å². The highest BCUT2D eigenvalue weighted by molar-refractivity contribution is 7.71. The van der Waals surface area contributed by atoms with E-state index in [1.54, 1.807) is 32.2 Å². The molecule has 2 N–H and O–H groups in total. The number of hydrogen-bond acceptors (Lipinski definition) is 6. The minimum Gasteiger partial charge on any atom is -0.485 e. The molecule has 0 aliphatic carbocycles. The minimum atomic E-state index is -1.02. The van der Waals surface area contributed by atoms with E-state index >= 15 is 0 Å². The predicted molar refractivity (Wildman–Crippen MR) is 88.8 cm³/mol. The molecule has 24 heavy (non-hydrogen) atoms. The number of nitro groups is 1. The van der Waals surface area contributed by atoms with E-state index in [-0.39, 0.29) is 5.69 Å². The first-order chi connectivity index (χ1) is 11.3. The summed E-state index contributed by atoms with van der Waals surface area (Å²) < 4.78 is 12.2. The van der Waals surface area contributed by atoms with Crippen LogP contribution in [0.3, 0.4) is 0 Å². The van der Waals surface area contributed by atoms with Gasteiger partial charge in [-0.2, -0.15) is 0 Å². The van der Waals surface area contributed by atoms with Crippen molar-refractivity contribution in [2.45, 2.75) is 31.7 Å². The number of aliphatic hydroxyl groups excluding tert-OH is 1. The molecule has 0 fully saturated rings. The number of aliphatic hydroxyl groups is 1. The van der Waals surface area contributed by atoms with Crippen LogP contribution in [0.2, 0.25) is 0 Å². The van der Waals surface area contributed by atoms with E-state index in [4.69, 9.17) is 21.7 Å². The first kappa shape index (κ1) is 16.4. The molecule has 0 bridgehead atoms. The number of hydrogen-bond donors (Lipinski definition) is 2. The molecule has 0 saturated carbocycles. The highest BCUT2D eigenvalue weighted by atomic mass is 32.1. The molecule has 1 aliphatic rings. The smallest absolute Gasteiger partial charge is 0.270 e. The van der Waals surface area contributed by atoms with Crippen LogP contribution < -0.4 is 9.47 Å². The number of rotatable bonds is 3. The molecule has 1 aromatic heterocycles. The summed E-state index contributed by atoms with van der Waals surface area (Å²) in [7, 11) is 0. The molecular weight excluding hydrogens is 332 g/mol. The fourth-order valence-electron chi connectivity index (χ4n) is 2.62. The fourth-order valence-corrected chi connectivity index (χ4v) is 2.80. The maximum Gasteiger partial charge on any atom is 0.270 e. The van der Waals surface area contributed by atoms with Crippen molar-refractivity contribution in [1.82, 2.24) is 4.98 Å². The lowest BCUT2D eigenvalue weighted by Crippen LogP contribution is -2.50. The quantitative estimate of drug-likeness (QED) is 0.502. The number of nitrogens with zero attached hydrogens (tertiary/aromatic N) is 1. The van der Waals surface area contributed by atoms with E-state index < -0.39 is 22.7 Å². The number of fused-ring (bicyclic) bond motifs is 1. The maximum absolute atomic E-state index is 11.0. The summed E-state index contributed by atoms with van der Waals surface area (Å²) in [6.45, 7) is 3.46. The standard InChI is InChI=1S/C16H16N2O5S/c1-16(2)15(19)14(22-10-5-6-17-13(24)8-10)11-7-9(18(20)21)3-4-12(11)23-16/h3-8,14-15,19H,1-2H3,(H,17,24). The third-order valence-corrected chi connectivity index (χ3v) is 4.13. The lowest BCUT2D eigenvalue weighted by atomic mass is 9.88. The number of nitro benzene ring substituents is 1. The summed E-state index contributed by atoms with van der Waals surface area (Å²) in [6.07, 6.45) is -0.215. The largest absolute Gasteiger partial charge is 0.485 e. The van der Waals surface area contributed by atoms with Crippen LogP contribution in [0.1, 0.15) is 25.5 Å². The second-order valence-electron chi connectivity index (χ2n) is 6.06. The zero-order chi connectivity index (χ0) is 17.5. The van der Waals surface area contributed by atoms with Gasteiger partial charge in [0.25, 0.3) is 5.69 Å². The lowest BCUT2D eigenvalue weighted by molar-refractivity contribution is -0.385. The van der Waals surface area contributed by atoms with Gasteiger partial charge in [-0.25, -0.2) is 0 Å². The van der Waals surface area contributed by atoms with Gasteiger partial charge in [0.2, 0.25) is 0 Å². The second-order valence-corrected chi connectivity index (χ2v) is 6.50. The predicted octanol–water partition coefficient (Wildman–Crippen LogP) is 3.30. The summed E-state index contributed by atoms with van der Waals surface area (Å²) in [5, 5.41) is 21.7. The number of H-pyrrole nitrogens is 1. The Morgan fingerprint density at radius 2 is 2.12 bits per heavy atom. The van der Waals surface area contributed by atoms with Crippen molar-refractivity contribution in [3.05, 3.63) is 56.8 Å². The molecule has 0 amide bonds. The molecule has 8 heteroatoms. The number of benzene rings is 1. The van der Waals surface area contributed by atoms with Gasteiger partial charge < -0.3 is 19.6 Å². The molecule has 2 heterocycles. The average molecular weight is 348 g/mol. The van der Waals surface area contributed by atoms with Crippen molar-refractivity contribution in [3.8, 4) is 11.5 Å². The van der Waals surface area contributed by atoms with E-state index in [1.807, 2.05) is 0 Å². The molecular formula is C16H16N2O5S. The first-order valence-electron chi connectivity index (χ1n) is 7.29. The molecule has 3 rings (SSSR count). The molecule has 7 nitrogen and oxygen atoms in total. The first-order valence-corrected chi connectivity index (χ1v) is 7.69. The molecule has 1 aromatic carbocycles. The molecule has 0 spiro atoms. The minimum absolute atomic E-state index is 0.0943. The zero-order valence-electron chi connectivity index (χ0n) is 13.1. The number of aromatic amines is 1. The molecule has 1 aliphatic heterocycles. The Morgan fingerprint density at radius 1 is 1.38 bits per heavy atom. The van der Waals surface area contributed by atoms with Gasteiger partial charge in [0.15, 0.2) is 6.10 Å². The van der Waals surface area contributed by atoms with Crippen LogP contribution in [0, 0.1) is 14.8 Å². The molecule has 126 valence electrons. The van der Waals surface area contributed by atoms with Crippen LogP contribution in [0.25, 0.3) is 0 Å². The fraction of sp³-hybridized carbons (Fsp3) is 0.312. The van der Waals surface area contributed by atoms with Crippen LogP contribution in [-0.4, -0.2) is 26.7 Å². The summed E-state index contributed by atoms with van der Waals surface area (Å²) in [5.74, 6) is 0.903. The maximum atomic E-state index is 11.0. The number of non-ortho nitro benzene ring substituents is 1. The summed E-state index contributed by atoms with van der Waals surface area (Å²) in [5.41, 5.74) is -0.580. The van der Waals surface area contributed by atoms with Crippen LogP contribution >= 0.6 is 12.2 Å². The number of pyridine rings is 1. The molecule has 0 radical (unpaired) electrons. The number of aromatic nitrogens is 1. The van der Waals surface area contributed by atoms with E-state index in [0.717, 1.165) is 0 Å². The van der Waals surface area contributed by atoms with Gasteiger partial charge in [0.1, 0.15) is 27.8 Å². The van der Waals surface area contributed by atoms with E-state index in [9.17, 15) is 15.2 Å². The van der Waals surface area contributed by atoms with Crippen molar-refractivity contribution in [3.63, 3.8) is 0 Å². The molecule has 2 atom stereocenters. The number of nitrogens with one attached hydrogen (secondary N) is 1. The second kappa shape index (κ2) is 5.88. The SMILES string of the molecule is CC1(C)Oc2ccc([N+](=O)[O-])cc2C(Oc2cc[nH]c(=S)c2)C1O. The topological polar surface area (TPSA) is 97.6 Å². The van der Waals surface area contributed by atoms with Gasteiger partial charge in [-0.3, -0.25) is 10.1 Å². The van der Waals surface area contributed by atoms with Gasteiger partial charge in [0.05, 0.1) is 4.92 Å². The third kappa shape index (κ3) is 2.98. The Hall–Kier alpha value is -2.45. The highest BCUT2D eigenvalue weighted by Crippen LogP contribution is 2.43. The Kier molecular flexibility index (Phi) is 4.02. The van der Waals surface area contributed by atoms with E-state index in [1.165, 1.54) is 18.2 Å². The molecule has 2 unspecified atom stereocenters. The Balaban J connectivity index is 2.07. The van der Waals surface area contributed by atoms with Crippen molar-refractivity contribution in [2.24, 2.45) is 0 Å². The Bertz CT molecular complexity index is 848. The van der Waals surface area contributed by atoms with Gasteiger partial charge in [-0.1, -0.05) is 12.2 Å². The zero-order valence-corrected chi connectivity index (χ0v) is 13.9. The van der Waals surface area contributed by atoms with Crippen molar-refractivity contribution >= 4 is 17.9 Å². The highest BCUT2D eigenvalue weighted by Gasteiger charge is 2.45. The van der Waals surface area contributed by atoms with Crippen molar-refractivity contribution < 1.29 is 19.5 Å². The summed E-state index contributed by atoms with van der Waals surface area (Å²) in [4.78, 5) is 13.4. The molecule has 0 saturated heterocycles. The lowest BCUT2D eigenvalue weighted by Gasteiger charge is -2.41. The van der Waals surface area contributed by atoms with Crippen LogP contribution in [0.15, 0.2) is 36.5 Å². The van der Waals surface area contributed by atoms with Gasteiger partial charge >= 0.3 is 0 Å². The third-order valence-electron chi connectivity index (χ3n) is 3.89. The Morgan fingerprint density at radius 3 is 2.79 bits per heavy atom. The van der Waals surface area contributed by atoms with Crippen molar-refractivity contribution in [2.75, 3.05) is 0 Å². The van der Waals surface area contributed by atoms with Crippen LogP contribution in [0.4, 0.5) is 5.69 Å². The Labute approximate surface area is 143 Å². The number of ether oxygens (including phenoxy) is 2. The summed E-state index contributed by atoms with van der Waals surface area (Å²) in [6, 6.07) is 7.53. The summed E-state index contributed by atoms with van der Waals surface area (Å²) >= 11 is 5.06. The van der Waals surface area contributed by atoms with Gasteiger partial charge in [0, 0.05) is 30.0 Å². The van der Waals surface area contributed by atoms with Crippen LogP contribution in [-0.2, 0) is 0 Å². The van der Waals surface area contributed by atoms with Gasteiger partial charge in [-0.15, -0.1) is 0 Å². The van der Waals surface area contributed by atoms with E-state index in [2.05, 4.69) is 4.98 Å². The monoisotopic (exact) mass is 348 g/mol. The van der Waals surface area contributed by atoms with Gasteiger partial charge in [-0.05, 0) is 26.0 Å². The van der Waals surface area contributed by atoms with E-state index in [0.29, 0.717) is 21.7 Å².